The van der Waals surface area contributed by atoms with Gasteiger partial charge in [-0.05, 0) is 66.1 Å². The number of nitrogens with one attached hydrogen (secondary N) is 1. The number of barbiturate groups is 1. The maximum Gasteiger partial charge on any atom is 0.335 e. The molecule has 0 spiro atoms. The normalized spacial score (nSPS) is 14.9. The molecule has 178 valence electrons. The zero-order valence-electron chi connectivity index (χ0n) is 18.1. The summed E-state index contributed by atoms with van der Waals surface area (Å²) in [5, 5.41) is 3.52. The van der Waals surface area contributed by atoms with Crippen molar-refractivity contribution < 1.29 is 19.1 Å². The highest BCUT2D eigenvalue weighted by Gasteiger charge is 2.37. The fraction of sp³-hybridized carbons (Fsp3) is 0.0800. The van der Waals surface area contributed by atoms with E-state index in [4.69, 9.17) is 51.1 Å². The van der Waals surface area contributed by atoms with Crippen LogP contribution in [0.3, 0.4) is 0 Å². The van der Waals surface area contributed by atoms with Crippen LogP contribution in [0, 0.1) is 6.92 Å². The zero-order valence-corrected chi connectivity index (χ0v) is 21.1. The molecule has 4 amide bonds. The smallest absolute Gasteiger partial charge is 0.335 e. The van der Waals surface area contributed by atoms with Crippen LogP contribution in [0.15, 0.2) is 60.2 Å². The SMILES string of the molecule is Cc1c(Cl)cccc1N1C(=O)NC(=O)/C(=C\c2cc(Cl)c(OCc3ccc(Cl)cc3)c(Cl)c2)C1=O. The lowest BCUT2D eigenvalue weighted by Gasteiger charge is -2.27. The quantitative estimate of drug-likeness (QED) is 0.279. The summed E-state index contributed by atoms with van der Waals surface area (Å²) >= 11 is 24.8. The van der Waals surface area contributed by atoms with Crippen molar-refractivity contribution in [3.63, 3.8) is 0 Å². The van der Waals surface area contributed by atoms with Gasteiger partial charge >= 0.3 is 6.03 Å². The fourth-order valence-corrected chi connectivity index (χ4v) is 4.33. The molecule has 3 aromatic carbocycles. The molecule has 1 aliphatic heterocycles. The Morgan fingerprint density at radius 1 is 0.914 bits per heavy atom. The highest BCUT2D eigenvalue weighted by Crippen LogP contribution is 2.36. The van der Waals surface area contributed by atoms with Crippen molar-refractivity contribution in [2.75, 3.05) is 4.90 Å². The Morgan fingerprint density at radius 2 is 1.57 bits per heavy atom. The Hall–Kier alpha value is -3.03. The monoisotopic (exact) mass is 548 g/mol. The number of imide groups is 2. The van der Waals surface area contributed by atoms with Gasteiger partial charge in [0.1, 0.15) is 12.2 Å². The molecule has 1 heterocycles. The van der Waals surface area contributed by atoms with Gasteiger partial charge in [-0.25, -0.2) is 9.69 Å². The summed E-state index contributed by atoms with van der Waals surface area (Å²) in [6.07, 6.45) is 1.30. The lowest BCUT2D eigenvalue weighted by Crippen LogP contribution is -2.54. The topological polar surface area (TPSA) is 75.7 Å². The van der Waals surface area contributed by atoms with Crippen molar-refractivity contribution in [3.05, 3.63) is 97.0 Å². The minimum absolute atomic E-state index is 0.181. The first-order chi connectivity index (χ1) is 16.7. The Morgan fingerprint density at radius 3 is 2.23 bits per heavy atom. The predicted molar refractivity (Wildman–Crippen MR) is 137 cm³/mol. The second-order valence-electron chi connectivity index (χ2n) is 7.57. The lowest BCUT2D eigenvalue weighted by molar-refractivity contribution is -0.122. The van der Waals surface area contributed by atoms with Crippen LogP contribution >= 0.6 is 46.4 Å². The van der Waals surface area contributed by atoms with Gasteiger partial charge in [-0.3, -0.25) is 14.9 Å². The summed E-state index contributed by atoms with van der Waals surface area (Å²) in [6.45, 7) is 1.87. The number of carbonyl (C=O) groups is 3. The minimum Gasteiger partial charge on any atom is -0.486 e. The van der Waals surface area contributed by atoms with Gasteiger partial charge in [0.15, 0.2) is 5.75 Å². The first kappa shape index (κ1) is 25.1. The lowest BCUT2D eigenvalue weighted by atomic mass is 10.1. The van der Waals surface area contributed by atoms with Crippen LogP contribution in [-0.4, -0.2) is 17.8 Å². The molecule has 0 unspecified atom stereocenters. The van der Waals surface area contributed by atoms with Gasteiger partial charge in [0, 0.05) is 10.0 Å². The van der Waals surface area contributed by atoms with Gasteiger partial charge in [-0.1, -0.05) is 64.6 Å². The molecule has 0 aliphatic carbocycles. The molecule has 0 saturated carbocycles. The van der Waals surface area contributed by atoms with Crippen molar-refractivity contribution in [3.8, 4) is 5.75 Å². The van der Waals surface area contributed by atoms with E-state index in [2.05, 4.69) is 5.32 Å². The average molecular weight is 550 g/mol. The summed E-state index contributed by atoms with van der Waals surface area (Å²) in [4.78, 5) is 39.0. The van der Waals surface area contributed by atoms with Crippen LogP contribution in [0.5, 0.6) is 5.75 Å². The minimum atomic E-state index is -0.871. The van der Waals surface area contributed by atoms with Crippen LogP contribution in [0.4, 0.5) is 10.5 Å². The predicted octanol–water partition coefficient (Wildman–Crippen LogP) is 6.85. The summed E-state index contributed by atoms with van der Waals surface area (Å²) in [5.41, 5.74) is 1.73. The largest absolute Gasteiger partial charge is 0.486 e. The highest BCUT2D eigenvalue weighted by molar-refractivity contribution is 6.40. The third-order valence-corrected chi connectivity index (χ3v) is 6.43. The fourth-order valence-electron chi connectivity index (χ4n) is 3.42. The van der Waals surface area contributed by atoms with E-state index >= 15 is 0 Å². The van der Waals surface area contributed by atoms with Gasteiger partial charge in [0.25, 0.3) is 11.8 Å². The van der Waals surface area contributed by atoms with E-state index in [1.807, 2.05) is 12.1 Å². The van der Waals surface area contributed by atoms with Crippen LogP contribution in [0.1, 0.15) is 16.7 Å². The maximum absolute atomic E-state index is 13.2. The Balaban J connectivity index is 1.63. The summed E-state index contributed by atoms with van der Waals surface area (Å²) in [7, 11) is 0. The van der Waals surface area contributed by atoms with E-state index in [0.717, 1.165) is 10.5 Å². The molecule has 1 saturated heterocycles. The molecule has 0 bridgehead atoms. The average Bonchev–Trinajstić information content (AvgIpc) is 2.80. The maximum atomic E-state index is 13.2. The summed E-state index contributed by atoms with van der Waals surface area (Å²) in [6, 6.07) is 14.0. The molecular formula is C25H16Cl4N2O4. The van der Waals surface area contributed by atoms with Crippen molar-refractivity contribution in [1.82, 2.24) is 5.32 Å². The molecule has 0 atom stereocenters. The van der Waals surface area contributed by atoms with E-state index in [9.17, 15) is 14.4 Å². The Kier molecular flexibility index (Phi) is 7.38. The Bertz CT molecular complexity index is 1360. The first-order valence-corrected chi connectivity index (χ1v) is 11.7. The third kappa shape index (κ3) is 5.31. The summed E-state index contributed by atoms with van der Waals surface area (Å²) < 4.78 is 5.75. The number of hydrogen-bond donors (Lipinski definition) is 1. The number of nitrogens with zero attached hydrogens (tertiary/aromatic N) is 1. The molecule has 4 rings (SSSR count). The number of ether oxygens (including phenoxy) is 1. The molecule has 1 aliphatic rings. The second kappa shape index (κ2) is 10.3. The third-order valence-electron chi connectivity index (χ3n) is 5.21. The van der Waals surface area contributed by atoms with Gasteiger partial charge in [0.05, 0.1) is 15.7 Å². The second-order valence-corrected chi connectivity index (χ2v) is 9.23. The number of hydrogen-bond acceptors (Lipinski definition) is 4. The highest BCUT2D eigenvalue weighted by atomic mass is 35.5. The van der Waals surface area contributed by atoms with Crippen molar-refractivity contribution in [2.45, 2.75) is 13.5 Å². The van der Waals surface area contributed by atoms with E-state index in [1.165, 1.54) is 18.2 Å². The molecule has 1 N–H and O–H groups in total. The number of rotatable bonds is 5. The van der Waals surface area contributed by atoms with Crippen molar-refractivity contribution in [1.29, 1.82) is 0 Å². The van der Waals surface area contributed by atoms with Gasteiger partial charge in [-0.15, -0.1) is 0 Å². The molecule has 6 nitrogen and oxygen atoms in total. The van der Waals surface area contributed by atoms with E-state index in [1.54, 1.807) is 37.3 Å². The number of halogens is 4. The van der Waals surface area contributed by atoms with Crippen molar-refractivity contribution in [2.24, 2.45) is 0 Å². The van der Waals surface area contributed by atoms with E-state index < -0.39 is 17.8 Å². The Labute approximate surface area is 221 Å². The van der Waals surface area contributed by atoms with E-state index in [-0.39, 0.29) is 33.7 Å². The molecule has 1 fully saturated rings. The van der Waals surface area contributed by atoms with Gasteiger partial charge < -0.3 is 4.74 Å². The van der Waals surface area contributed by atoms with Crippen LogP contribution in [-0.2, 0) is 16.2 Å². The zero-order chi connectivity index (χ0) is 25.3. The van der Waals surface area contributed by atoms with E-state index in [0.29, 0.717) is 21.2 Å². The number of benzene rings is 3. The van der Waals surface area contributed by atoms with Crippen molar-refractivity contribution >= 4 is 76.0 Å². The van der Waals surface area contributed by atoms with Gasteiger partial charge in [0.2, 0.25) is 0 Å². The summed E-state index contributed by atoms with van der Waals surface area (Å²) in [5.74, 6) is -1.40. The molecule has 3 aromatic rings. The van der Waals surface area contributed by atoms with Crippen LogP contribution in [0.25, 0.3) is 6.08 Å². The molecule has 10 heteroatoms. The first-order valence-electron chi connectivity index (χ1n) is 10.2. The van der Waals surface area contributed by atoms with Crippen LogP contribution < -0.4 is 15.0 Å². The number of urea groups is 1. The molecule has 0 radical (unpaired) electrons. The number of amides is 4. The standard InChI is InChI=1S/C25H16Cl4N2O4/c1-13-18(27)3-2-4-21(13)31-24(33)17(23(32)30-25(31)34)9-15-10-19(28)22(20(29)11-15)35-12-14-5-7-16(26)8-6-14/h2-11H,12H2,1H3,(H,30,32,34)/b17-9+. The van der Waals surface area contributed by atoms with Gasteiger partial charge in [-0.2, -0.15) is 0 Å². The number of anilines is 1. The van der Waals surface area contributed by atoms with Crippen LogP contribution in [0.2, 0.25) is 20.1 Å². The molecule has 35 heavy (non-hydrogen) atoms. The molecule has 0 aromatic heterocycles. The number of carbonyl (C=O) groups excluding carboxylic acids is 3. The molecular weight excluding hydrogens is 534 g/mol.